The van der Waals surface area contributed by atoms with Gasteiger partial charge in [0.25, 0.3) is 0 Å². The molecule has 1 fully saturated rings. The van der Waals surface area contributed by atoms with Crippen molar-refractivity contribution in [3.05, 3.63) is 77.5 Å². The van der Waals surface area contributed by atoms with E-state index in [1.807, 2.05) is 19.1 Å². The van der Waals surface area contributed by atoms with Gasteiger partial charge in [-0.05, 0) is 49.8 Å². The number of halogens is 2. The molecule has 2 heterocycles. The van der Waals surface area contributed by atoms with E-state index in [2.05, 4.69) is 44.5 Å². The first kappa shape index (κ1) is 19.3. The third kappa shape index (κ3) is 4.70. The molecule has 3 aromatic rings. The van der Waals surface area contributed by atoms with E-state index in [1.165, 1.54) is 23.8 Å². The van der Waals surface area contributed by atoms with Crippen molar-refractivity contribution in [1.29, 1.82) is 0 Å². The van der Waals surface area contributed by atoms with Crippen LogP contribution in [-0.2, 0) is 6.42 Å². The molecular formula is C23H24F2N4. The maximum atomic E-state index is 13.9. The first-order chi connectivity index (χ1) is 14.1. The zero-order chi connectivity index (χ0) is 20.2. The van der Waals surface area contributed by atoms with Gasteiger partial charge in [0.05, 0.1) is 0 Å². The molecule has 150 valence electrons. The number of hydrogen-bond acceptors (Lipinski definition) is 4. The monoisotopic (exact) mass is 394 g/mol. The van der Waals surface area contributed by atoms with Crippen LogP contribution in [0.5, 0.6) is 0 Å². The summed E-state index contributed by atoms with van der Waals surface area (Å²) in [6.07, 6.45) is 3.27. The van der Waals surface area contributed by atoms with Gasteiger partial charge < -0.3 is 10.2 Å². The Morgan fingerprint density at radius 2 is 1.66 bits per heavy atom. The lowest BCUT2D eigenvalue weighted by molar-refractivity contribution is 0.402. The molecule has 0 unspecified atom stereocenters. The van der Waals surface area contributed by atoms with E-state index in [4.69, 9.17) is 0 Å². The SMILES string of the molecule is Cc1cc(N2CCC(Cc3ccccc3)CC2)nc(Nc2c(F)cccc2F)n1. The van der Waals surface area contributed by atoms with E-state index in [0.717, 1.165) is 43.9 Å². The molecule has 1 aromatic heterocycles. The van der Waals surface area contributed by atoms with Crippen LogP contribution in [-0.4, -0.2) is 23.1 Å². The molecule has 4 nitrogen and oxygen atoms in total. The van der Waals surface area contributed by atoms with Crippen LogP contribution in [0, 0.1) is 24.5 Å². The molecule has 1 N–H and O–H groups in total. The molecular weight excluding hydrogens is 370 g/mol. The number of anilines is 3. The standard InChI is InChI=1S/C23H24F2N4/c1-16-14-21(27-23(26-16)28-22-19(24)8-5-9-20(22)25)29-12-10-18(11-13-29)15-17-6-3-2-4-7-17/h2-9,14,18H,10-13,15H2,1H3,(H,26,27,28). The summed E-state index contributed by atoms with van der Waals surface area (Å²) < 4.78 is 27.9. The average molecular weight is 394 g/mol. The number of aromatic nitrogens is 2. The van der Waals surface area contributed by atoms with Crippen molar-refractivity contribution < 1.29 is 8.78 Å². The summed E-state index contributed by atoms with van der Waals surface area (Å²) in [5, 5.41) is 2.70. The second-order valence-corrected chi connectivity index (χ2v) is 7.53. The minimum Gasteiger partial charge on any atom is -0.356 e. The fourth-order valence-corrected chi connectivity index (χ4v) is 3.81. The van der Waals surface area contributed by atoms with Crippen molar-refractivity contribution in [3.8, 4) is 0 Å². The van der Waals surface area contributed by atoms with Gasteiger partial charge in [0.15, 0.2) is 0 Å². The minimum atomic E-state index is -0.668. The number of hydrogen-bond donors (Lipinski definition) is 1. The fraction of sp³-hybridized carbons (Fsp3) is 0.304. The van der Waals surface area contributed by atoms with E-state index in [-0.39, 0.29) is 11.6 Å². The van der Waals surface area contributed by atoms with Gasteiger partial charge in [0.2, 0.25) is 5.95 Å². The van der Waals surface area contributed by atoms with E-state index < -0.39 is 11.6 Å². The third-order valence-corrected chi connectivity index (χ3v) is 5.35. The van der Waals surface area contributed by atoms with Gasteiger partial charge in [0, 0.05) is 24.8 Å². The first-order valence-corrected chi connectivity index (χ1v) is 9.94. The summed E-state index contributed by atoms with van der Waals surface area (Å²) >= 11 is 0. The highest BCUT2D eigenvalue weighted by atomic mass is 19.1. The lowest BCUT2D eigenvalue weighted by Gasteiger charge is -2.33. The normalized spacial score (nSPS) is 14.8. The van der Waals surface area contributed by atoms with Crippen LogP contribution in [0.2, 0.25) is 0 Å². The van der Waals surface area contributed by atoms with Gasteiger partial charge in [-0.15, -0.1) is 0 Å². The van der Waals surface area contributed by atoms with Crippen LogP contribution in [0.4, 0.5) is 26.2 Å². The number of piperidine rings is 1. The number of nitrogens with one attached hydrogen (secondary N) is 1. The van der Waals surface area contributed by atoms with Crippen molar-refractivity contribution >= 4 is 17.5 Å². The lowest BCUT2D eigenvalue weighted by atomic mass is 9.90. The number of nitrogens with zero attached hydrogens (tertiary/aromatic N) is 3. The molecule has 0 atom stereocenters. The van der Waals surface area contributed by atoms with Gasteiger partial charge in [-0.3, -0.25) is 0 Å². The molecule has 1 aliphatic rings. The van der Waals surface area contributed by atoms with Crippen molar-refractivity contribution in [3.63, 3.8) is 0 Å². The number of para-hydroxylation sites is 1. The zero-order valence-corrected chi connectivity index (χ0v) is 16.4. The molecule has 29 heavy (non-hydrogen) atoms. The van der Waals surface area contributed by atoms with E-state index in [9.17, 15) is 8.78 Å². The molecule has 0 saturated carbocycles. The summed E-state index contributed by atoms with van der Waals surface area (Å²) in [5.74, 6) is 0.309. The topological polar surface area (TPSA) is 41.1 Å². The molecule has 0 bridgehead atoms. The molecule has 0 radical (unpaired) electrons. The molecule has 2 aromatic carbocycles. The number of benzene rings is 2. The Morgan fingerprint density at radius 3 is 2.34 bits per heavy atom. The Labute approximate surface area is 169 Å². The predicted molar refractivity (Wildman–Crippen MR) is 111 cm³/mol. The summed E-state index contributed by atoms with van der Waals surface area (Å²) in [6.45, 7) is 3.67. The van der Waals surface area contributed by atoms with Gasteiger partial charge in [-0.25, -0.2) is 13.8 Å². The zero-order valence-electron chi connectivity index (χ0n) is 16.4. The van der Waals surface area contributed by atoms with Crippen LogP contribution >= 0.6 is 0 Å². The number of rotatable bonds is 5. The van der Waals surface area contributed by atoms with Crippen molar-refractivity contribution in [2.24, 2.45) is 5.92 Å². The van der Waals surface area contributed by atoms with Crippen LogP contribution in [0.15, 0.2) is 54.6 Å². The van der Waals surface area contributed by atoms with Crippen LogP contribution in [0.1, 0.15) is 24.1 Å². The second kappa shape index (κ2) is 8.55. The summed E-state index contributed by atoms with van der Waals surface area (Å²) in [7, 11) is 0. The molecule has 1 saturated heterocycles. The molecule has 0 spiro atoms. The maximum absolute atomic E-state index is 13.9. The van der Waals surface area contributed by atoms with Gasteiger partial charge in [-0.2, -0.15) is 4.98 Å². The Bertz CT molecular complexity index is 950. The minimum absolute atomic E-state index is 0.204. The fourth-order valence-electron chi connectivity index (χ4n) is 3.81. The summed E-state index contributed by atoms with van der Waals surface area (Å²) in [6, 6.07) is 16.2. The summed E-state index contributed by atoms with van der Waals surface area (Å²) in [5.41, 5.74) is 1.90. The van der Waals surface area contributed by atoms with Crippen LogP contribution in [0.25, 0.3) is 0 Å². The largest absolute Gasteiger partial charge is 0.356 e. The van der Waals surface area contributed by atoms with Gasteiger partial charge in [-0.1, -0.05) is 36.4 Å². The Balaban J connectivity index is 1.44. The third-order valence-electron chi connectivity index (χ3n) is 5.35. The van der Waals surface area contributed by atoms with Crippen molar-refractivity contribution in [2.75, 3.05) is 23.3 Å². The average Bonchev–Trinajstić information content (AvgIpc) is 2.72. The predicted octanol–water partition coefficient (Wildman–Crippen LogP) is 5.27. The Hall–Kier alpha value is -3.02. The highest BCUT2D eigenvalue weighted by Crippen LogP contribution is 2.27. The van der Waals surface area contributed by atoms with E-state index in [1.54, 1.807) is 0 Å². The lowest BCUT2D eigenvalue weighted by Crippen LogP contribution is -2.35. The van der Waals surface area contributed by atoms with Gasteiger partial charge in [0.1, 0.15) is 23.1 Å². The Morgan fingerprint density at radius 1 is 0.966 bits per heavy atom. The van der Waals surface area contributed by atoms with E-state index in [0.29, 0.717) is 5.92 Å². The molecule has 1 aliphatic heterocycles. The first-order valence-electron chi connectivity index (χ1n) is 9.94. The quantitative estimate of drug-likeness (QED) is 0.640. The molecule has 0 amide bonds. The van der Waals surface area contributed by atoms with Crippen molar-refractivity contribution in [1.82, 2.24) is 9.97 Å². The molecule has 4 rings (SSSR count). The summed E-state index contributed by atoms with van der Waals surface area (Å²) in [4.78, 5) is 11.0. The number of aryl methyl sites for hydroxylation is 1. The van der Waals surface area contributed by atoms with Gasteiger partial charge >= 0.3 is 0 Å². The smallest absolute Gasteiger partial charge is 0.229 e. The second-order valence-electron chi connectivity index (χ2n) is 7.53. The molecule has 6 heteroatoms. The van der Waals surface area contributed by atoms with Crippen molar-refractivity contribution in [2.45, 2.75) is 26.2 Å². The highest BCUT2D eigenvalue weighted by Gasteiger charge is 2.21. The van der Waals surface area contributed by atoms with E-state index >= 15 is 0 Å². The van der Waals surface area contributed by atoms with Crippen LogP contribution in [0.3, 0.4) is 0 Å². The maximum Gasteiger partial charge on any atom is 0.229 e. The molecule has 0 aliphatic carbocycles. The van der Waals surface area contributed by atoms with Crippen LogP contribution < -0.4 is 10.2 Å². The highest BCUT2D eigenvalue weighted by molar-refractivity contribution is 5.57. The Kier molecular flexibility index (Phi) is 5.69.